The van der Waals surface area contributed by atoms with E-state index in [1.807, 2.05) is 6.20 Å². The third kappa shape index (κ3) is 1.41. The molecule has 1 saturated heterocycles. The Labute approximate surface area is 96.6 Å². The number of rotatable bonds is 0. The number of aromatic nitrogens is 1. The van der Waals surface area contributed by atoms with Gasteiger partial charge in [-0.1, -0.05) is 19.0 Å². The summed E-state index contributed by atoms with van der Waals surface area (Å²) in [5.74, 6) is 2.63. The molecule has 0 bridgehead atoms. The topological polar surface area (TPSA) is 38.1 Å². The minimum atomic E-state index is 0.154. The van der Waals surface area contributed by atoms with Crippen LogP contribution in [-0.2, 0) is 11.8 Å². The summed E-state index contributed by atoms with van der Waals surface area (Å²) in [6, 6.07) is 0. The van der Waals surface area contributed by atoms with E-state index in [0.29, 0.717) is 0 Å². The fourth-order valence-electron chi connectivity index (χ4n) is 3.66. The Morgan fingerprint density at radius 1 is 1.50 bits per heavy atom. The van der Waals surface area contributed by atoms with Crippen LogP contribution >= 0.6 is 0 Å². The zero-order valence-electron chi connectivity index (χ0n) is 10.1. The first-order chi connectivity index (χ1) is 7.69. The first kappa shape index (κ1) is 10.3. The second-order valence-corrected chi connectivity index (χ2v) is 5.82. The van der Waals surface area contributed by atoms with Crippen molar-refractivity contribution in [2.24, 2.45) is 11.8 Å². The van der Waals surface area contributed by atoms with Crippen LogP contribution in [0.25, 0.3) is 0 Å². The smallest absolute Gasteiger partial charge is 0.145 e. The van der Waals surface area contributed by atoms with Crippen molar-refractivity contribution in [2.75, 3.05) is 13.1 Å². The van der Waals surface area contributed by atoms with E-state index in [9.17, 15) is 0 Å². The molecule has 0 saturated carbocycles. The molecule has 2 unspecified atom stereocenters. The monoisotopic (exact) mass is 220 g/mol. The molecule has 2 heterocycles. The van der Waals surface area contributed by atoms with Crippen molar-refractivity contribution in [2.45, 2.75) is 38.5 Å². The van der Waals surface area contributed by atoms with E-state index < -0.39 is 0 Å². The molecule has 1 aromatic heterocycles. The number of nitrogens with one attached hydrogen (secondary N) is 1. The third-order valence-corrected chi connectivity index (χ3v) is 4.48. The molecule has 3 heteroatoms. The van der Waals surface area contributed by atoms with Crippen molar-refractivity contribution in [3.05, 3.63) is 17.5 Å². The maximum Gasteiger partial charge on any atom is 0.145 e. The van der Waals surface area contributed by atoms with Gasteiger partial charge in [-0.2, -0.15) is 0 Å². The number of nitrogens with zero attached hydrogens (tertiary/aromatic N) is 1. The summed E-state index contributed by atoms with van der Waals surface area (Å²) in [6.45, 7) is 6.96. The molecule has 3 nitrogen and oxygen atoms in total. The standard InChI is InChI=1S/C13H20N2O/c1-13(2)11-4-3-5-14-7-9(11)6-10-8-15-16-12(10)13/h8-9,11,14H,3-7H2,1-2H3. The van der Waals surface area contributed by atoms with Gasteiger partial charge in [0.2, 0.25) is 0 Å². The normalized spacial score (nSPS) is 32.6. The molecule has 3 rings (SSSR count). The zero-order valence-corrected chi connectivity index (χ0v) is 10.1. The van der Waals surface area contributed by atoms with Crippen molar-refractivity contribution in [1.82, 2.24) is 10.5 Å². The second-order valence-electron chi connectivity index (χ2n) is 5.82. The highest BCUT2D eigenvalue weighted by atomic mass is 16.5. The Kier molecular flexibility index (Phi) is 2.32. The average molecular weight is 220 g/mol. The van der Waals surface area contributed by atoms with Crippen LogP contribution in [0, 0.1) is 11.8 Å². The van der Waals surface area contributed by atoms with Crippen LogP contribution in [0.5, 0.6) is 0 Å². The van der Waals surface area contributed by atoms with Crippen LogP contribution in [0.15, 0.2) is 10.7 Å². The van der Waals surface area contributed by atoms with Gasteiger partial charge in [0.1, 0.15) is 5.76 Å². The van der Waals surface area contributed by atoms with E-state index in [0.717, 1.165) is 30.6 Å². The molecule has 2 atom stereocenters. The predicted octanol–water partition coefficient (Wildman–Crippen LogP) is 2.12. The Morgan fingerprint density at radius 3 is 3.25 bits per heavy atom. The largest absolute Gasteiger partial charge is 0.361 e. The van der Waals surface area contributed by atoms with E-state index in [2.05, 4.69) is 24.3 Å². The summed E-state index contributed by atoms with van der Waals surface area (Å²) >= 11 is 0. The lowest BCUT2D eigenvalue weighted by Crippen LogP contribution is -2.41. The van der Waals surface area contributed by atoms with Gasteiger partial charge in [-0.3, -0.25) is 0 Å². The van der Waals surface area contributed by atoms with Gasteiger partial charge < -0.3 is 9.84 Å². The van der Waals surface area contributed by atoms with Gasteiger partial charge in [0.25, 0.3) is 0 Å². The fraction of sp³-hybridized carbons (Fsp3) is 0.769. The molecule has 1 aromatic rings. The molecule has 16 heavy (non-hydrogen) atoms. The fourth-order valence-corrected chi connectivity index (χ4v) is 3.66. The molecule has 0 aromatic carbocycles. The van der Waals surface area contributed by atoms with Crippen LogP contribution in [-0.4, -0.2) is 18.2 Å². The van der Waals surface area contributed by atoms with Crippen molar-refractivity contribution in [3.8, 4) is 0 Å². The Hall–Kier alpha value is -0.830. The number of hydrogen-bond acceptors (Lipinski definition) is 3. The van der Waals surface area contributed by atoms with Crippen LogP contribution in [0.4, 0.5) is 0 Å². The summed E-state index contributed by atoms with van der Waals surface area (Å²) in [4.78, 5) is 0. The Bertz CT molecular complexity index is 383. The lowest BCUT2D eigenvalue weighted by molar-refractivity contribution is 0.149. The van der Waals surface area contributed by atoms with E-state index in [-0.39, 0.29) is 5.41 Å². The van der Waals surface area contributed by atoms with Crippen molar-refractivity contribution >= 4 is 0 Å². The molecule has 0 radical (unpaired) electrons. The van der Waals surface area contributed by atoms with Crippen molar-refractivity contribution in [3.63, 3.8) is 0 Å². The lowest BCUT2D eigenvalue weighted by atomic mass is 9.62. The van der Waals surface area contributed by atoms with Gasteiger partial charge in [0.15, 0.2) is 0 Å². The highest BCUT2D eigenvalue weighted by Gasteiger charge is 2.45. The Balaban J connectivity index is 2.01. The van der Waals surface area contributed by atoms with Gasteiger partial charge >= 0.3 is 0 Å². The quantitative estimate of drug-likeness (QED) is 0.728. The molecular weight excluding hydrogens is 200 g/mol. The first-order valence-electron chi connectivity index (χ1n) is 6.34. The van der Waals surface area contributed by atoms with Gasteiger partial charge in [0.05, 0.1) is 6.20 Å². The molecule has 88 valence electrons. The maximum absolute atomic E-state index is 5.49. The van der Waals surface area contributed by atoms with E-state index in [1.54, 1.807) is 0 Å². The molecule has 0 spiro atoms. The third-order valence-electron chi connectivity index (χ3n) is 4.48. The first-order valence-corrected chi connectivity index (χ1v) is 6.34. The summed E-state index contributed by atoms with van der Waals surface area (Å²) in [5, 5.41) is 7.54. The highest BCUT2D eigenvalue weighted by molar-refractivity contribution is 5.27. The molecule has 1 fully saturated rings. The van der Waals surface area contributed by atoms with Crippen LogP contribution in [0.1, 0.15) is 38.0 Å². The van der Waals surface area contributed by atoms with Crippen LogP contribution < -0.4 is 5.32 Å². The van der Waals surface area contributed by atoms with Crippen molar-refractivity contribution < 1.29 is 4.52 Å². The van der Waals surface area contributed by atoms with Crippen molar-refractivity contribution in [1.29, 1.82) is 0 Å². The summed E-state index contributed by atoms with van der Waals surface area (Å²) in [7, 11) is 0. The second kappa shape index (κ2) is 3.59. The van der Waals surface area contributed by atoms with E-state index in [4.69, 9.17) is 4.52 Å². The SMILES string of the molecule is CC1(C)c2oncc2CC2CNCCCC21. The van der Waals surface area contributed by atoms with Gasteiger partial charge in [-0.05, 0) is 44.2 Å². The predicted molar refractivity (Wildman–Crippen MR) is 62.3 cm³/mol. The van der Waals surface area contributed by atoms with Crippen LogP contribution in [0.2, 0.25) is 0 Å². The summed E-state index contributed by atoms with van der Waals surface area (Å²) < 4.78 is 5.49. The maximum atomic E-state index is 5.49. The highest BCUT2D eigenvalue weighted by Crippen LogP contribution is 2.46. The van der Waals surface area contributed by atoms with Gasteiger partial charge in [0, 0.05) is 11.0 Å². The minimum Gasteiger partial charge on any atom is -0.361 e. The van der Waals surface area contributed by atoms with Gasteiger partial charge in [-0.25, -0.2) is 0 Å². The van der Waals surface area contributed by atoms with E-state index in [1.165, 1.54) is 24.9 Å². The lowest BCUT2D eigenvalue weighted by Gasteiger charge is -2.41. The summed E-state index contributed by atoms with van der Waals surface area (Å²) in [6.07, 6.45) is 5.65. The molecule has 0 amide bonds. The molecule has 1 N–H and O–H groups in total. The zero-order chi connectivity index (χ0) is 11.2. The summed E-state index contributed by atoms with van der Waals surface area (Å²) in [5.41, 5.74) is 1.48. The minimum absolute atomic E-state index is 0.154. The van der Waals surface area contributed by atoms with Gasteiger partial charge in [-0.15, -0.1) is 0 Å². The molecule has 1 aliphatic heterocycles. The molecule has 1 aliphatic carbocycles. The number of hydrogen-bond donors (Lipinski definition) is 1. The van der Waals surface area contributed by atoms with E-state index >= 15 is 0 Å². The van der Waals surface area contributed by atoms with Crippen LogP contribution in [0.3, 0.4) is 0 Å². The Morgan fingerprint density at radius 2 is 2.38 bits per heavy atom. The average Bonchev–Trinajstić information content (AvgIpc) is 2.57. The number of fused-ring (bicyclic) bond motifs is 2. The molecular formula is C13H20N2O. The molecule has 2 aliphatic rings.